The molecule has 2 N–H and O–H groups in total. The molecule has 0 bridgehead atoms. The SMILES string of the molecule is O=C(COc1ccc(Br)cc1Cl)NC(=O)NCc1ccco1. The zero-order valence-corrected chi connectivity index (χ0v) is 13.6. The van der Waals surface area contributed by atoms with E-state index >= 15 is 0 Å². The van der Waals surface area contributed by atoms with Crippen LogP contribution in [0.1, 0.15) is 5.76 Å². The Morgan fingerprint density at radius 3 is 2.82 bits per heavy atom. The van der Waals surface area contributed by atoms with Gasteiger partial charge in [-0.3, -0.25) is 10.1 Å². The summed E-state index contributed by atoms with van der Waals surface area (Å²) in [6.07, 6.45) is 1.50. The smallest absolute Gasteiger partial charge is 0.321 e. The first-order valence-electron chi connectivity index (χ1n) is 6.22. The minimum Gasteiger partial charge on any atom is -0.482 e. The van der Waals surface area contributed by atoms with Crippen molar-refractivity contribution in [2.24, 2.45) is 0 Å². The van der Waals surface area contributed by atoms with Crippen LogP contribution in [0.2, 0.25) is 5.02 Å². The summed E-state index contributed by atoms with van der Waals surface area (Å²) in [6, 6.07) is 7.78. The van der Waals surface area contributed by atoms with Gasteiger partial charge in [0.1, 0.15) is 11.5 Å². The molecule has 0 saturated heterocycles. The topological polar surface area (TPSA) is 80.6 Å². The van der Waals surface area contributed by atoms with Crippen molar-refractivity contribution in [1.29, 1.82) is 0 Å². The third kappa shape index (κ3) is 5.09. The fraction of sp³-hybridized carbons (Fsp3) is 0.143. The van der Waals surface area contributed by atoms with Crippen LogP contribution in [0.25, 0.3) is 0 Å². The molecule has 8 heteroatoms. The molecule has 2 aromatic rings. The molecule has 0 atom stereocenters. The summed E-state index contributed by atoms with van der Waals surface area (Å²) in [6.45, 7) is -0.138. The van der Waals surface area contributed by atoms with E-state index in [0.717, 1.165) is 4.47 Å². The maximum Gasteiger partial charge on any atom is 0.321 e. The van der Waals surface area contributed by atoms with E-state index in [9.17, 15) is 9.59 Å². The lowest BCUT2D eigenvalue weighted by Crippen LogP contribution is -2.41. The molecule has 0 unspecified atom stereocenters. The summed E-state index contributed by atoms with van der Waals surface area (Å²) in [4.78, 5) is 23.1. The molecule has 0 fully saturated rings. The van der Waals surface area contributed by atoms with E-state index in [4.69, 9.17) is 20.8 Å². The molecule has 3 amide bonds. The fourth-order valence-electron chi connectivity index (χ4n) is 1.52. The Morgan fingerprint density at radius 1 is 1.32 bits per heavy atom. The summed E-state index contributed by atoms with van der Waals surface area (Å²) >= 11 is 9.21. The average molecular weight is 388 g/mol. The van der Waals surface area contributed by atoms with Crippen molar-refractivity contribution >= 4 is 39.5 Å². The molecule has 1 aromatic carbocycles. The summed E-state index contributed by atoms with van der Waals surface area (Å²) in [5, 5.41) is 4.98. The maximum atomic E-state index is 11.6. The highest BCUT2D eigenvalue weighted by molar-refractivity contribution is 9.10. The van der Waals surface area contributed by atoms with E-state index in [1.807, 2.05) is 0 Å². The third-order valence-corrected chi connectivity index (χ3v) is 3.30. The highest BCUT2D eigenvalue weighted by atomic mass is 79.9. The number of amides is 3. The Morgan fingerprint density at radius 2 is 2.14 bits per heavy atom. The predicted octanol–water partition coefficient (Wildman–Crippen LogP) is 3.10. The van der Waals surface area contributed by atoms with E-state index in [2.05, 4.69) is 26.6 Å². The van der Waals surface area contributed by atoms with Gasteiger partial charge < -0.3 is 14.5 Å². The molecule has 1 aromatic heterocycles. The van der Waals surface area contributed by atoms with Gasteiger partial charge in [0.2, 0.25) is 0 Å². The van der Waals surface area contributed by atoms with Crippen LogP contribution in [-0.4, -0.2) is 18.5 Å². The molecule has 0 aliphatic heterocycles. The number of furan rings is 1. The van der Waals surface area contributed by atoms with Crippen molar-refractivity contribution in [2.75, 3.05) is 6.61 Å². The van der Waals surface area contributed by atoms with Crippen LogP contribution in [0.5, 0.6) is 5.75 Å². The number of hydrogen-bond acceptors (Lipinski definition) is 4. The third-order valence-electron chi connectivity index (χ3n) is 2.51. The number of halogens is 2. The number of nitrogens with one attached hydrogen (secondary N) is 2. The van der Waals surface area contributed by atoms with Crippen molar-refractivity contribution in [2.45, 2.75) is 6.54 Å². The molecule has 0 aliphatic carbocycles. The fourth-order valence-corrected chi connectivity index (χ4v) is 2.25. The van der Waals surface area contributed by atoms with Crippen LogP contribution in [0.15, 0.2) is 45.5 Å². The first kappa shape index (κ1) is 16.4. The lowest BCUT2D eigenvalue weighted by molar-refractivity contribution is -0.122. The number of carbonyl (C=O) groups is 2. The van der Waals surface area contributed by atoms with Gasteiger partial charge in [-0.2, -0.15) is 0 Å². The standard InChI is InChI=1S/C14H12BrClN2O4/c15-9-3-4-12(11(16)6-9)22-8-13(19)18-14(20)17-7-10-2-1-5-21-10/h1-6H,7-8H2,(H2,17,18,19,20). The van der Waals surface area contributed by atoms with Crippen molar-refractivity contribution < 1.29 is 18.7 Å². The van der Waals surface area contributed by atoms with Crippen LogP contribution in [0, 0.1) is 0 Å². The number of ether oxygens (including phenoxy) is 1. The predicted molar refractivity (Wildman–Crippen MR) is 83.7 cm³/mol. The van der Waals surface area contributed by atoms with E-state index in [-0.39, 0.29) is 13.2 Å². The minimum absolute atomic E-state index is 0.186. The summed E-state index contributed by atoms with van der Waals surface area (Å²) < 4.78 is 11.1. The Balaban J connectivity index is 1.74. The van der Waals surface area contributed by atoms with Gasteiger partial charge in [-0.1, -0.05) is 27.5 Å². The van der Waals surface area contributed by atoms with Gasteiger partial charge in [0, 0.05) is 4.47 Å². The molecule has 116 valence electrons. The van der Waals surface area contributed by atoms with Gasteiger partial charge in [-0.15, -0.1) is 0 Å². The zero-order chi connectivity index (χ0) is 15.9. The van der Waals surface area contributed by atoms with Crippen LogP contribution in [0.3, 0.4) is 0 Å². The number of rotatable bonds is 5. The van der Waals surface area contributed by atoms with Crippen molar-refractivity contribution in [3.05, 3.63) is 51.9 Å². The van der Waals surface area contributed by atoms with E-state index in [1.165, 1.54) is 6.26 Å². The van der Waals surface area contributed by atoms with Gasteiger partial charge in [0.25, 0.3) is 5.91 Å². The average Bonchev–Trinajstić information content (AvgIpc) is 2.97. The van der Waals surface area contributed by atoms with E-state index < -0.39 is 11.9 Å². The second kappa shape index (κ2) is 7.86. The Hall–Kier alpha value is -1.99. The van der Waals surface area contributed by atoms with Crippen LogP contribution < -0.4 is 15.4 Å². The van der Waals surface area contributed by atoms with Crippen LogP contribution in [-0.2, 0) is 11.3 Å². The van der Waals surface area contributed by atoms with E-state index in [0.29, 0.717) is 16.5 Å². The quantitative estimate of drug-likeness (QED) is 0.826. The molecule has 6 nitrogen and oxygen atoms in total. The lowest BCUT2D eigenvalue weighted by atomic mass is 10.3. The molecular weight excluding hydrogens is 376 g/mol. The van der Waals surface area contributed by atoms with Crippen molar-refractivity contribution in [3.63, 3.8) is 0 Å². The lowest BCUT2D eigenvalue weighted by Gasteiger charge is -2.09. The minimum atomic E-state index is -0.632. The second-order valence-electron chi connectivity index (χ2n) is 4.17. The highest BCUT2D eigenvalue weighted by Crippen LogP contribution is 2.27. The number of benzene rings is 1. The van der Waals surface area contributed by atoms with Crippen molar-refractivity contribution in [3.8, 4) is 5.75 Å². The molecule has 22 heavy (non-hydrogen) atoms. The van der Waals surface area contributed by atoms with Gasteiger partial charge >= 0.3 is 6.03 Å². The molecule has 0 saturated carbocycles. The first-order valence-corrected chi connectivity index (χ1v) is 7.39. The number of carbonyl (C=O) groups excluding carboxylic acids is 2. The molecule has 0 spiro atoms. The summed E-state index contributed by atoms with van der Waals surface area (Å²) in [5.41, 5.74) is 0. The van der Waals surface area contributed by atoms with Gasteiger partial charge in [0.15, 0.2) is 6.61 Å². The maximum absolute atomic E-state index is 11.6. The summed E-state index contributed by atoms with van der Waals surface area (Å²) in [7, 11) is 0. The molecule has 0 radical (unpaired) electrons. The van der Waals surface area contributed by atoms with E-state index in [1.54, 1.807) is 30.3 Å². The molecule has 2 rings (SSSR count). The summed E-state index contributed by atoms with van der Waals surface area (Å²) in [5.74, 6) is 0.354. The Labute approximate surface area is 139 Å². The van der Waals surface area contributed by atoms with Crippen LogP contribution in [0.4, 0.5) is 4.79 Å². The zero-order valence-electron chi connectivity index (χ0n) is 11.3. The number of imide groups is 1. The van der Waals surface area contributed by atoms with Crippen LogP contribution >= 0.6 is 27.5 Å². The molecule has 0 aliphatic rings. The second-order valence-corrected chi connectivity index (χ2v) is 5.50. The van der Waals surface area contributed by atoms with Gasteiger partial charge in [-0.05, 0) is 30.3 Å². The molecular formula is C14H12BrClN2O4. The molecule has 1 heterocycles. The van der Waals surface area contributed by atoms with Gasteiger partial charge in [-0.25, -0.2) is 4.79 Å². The Kier molecular flexibility index (Phi) is 5.85. The Bertz CT molecular complexity index is 661. The number of hydrogen-bond donors (Lipinski definition) is 2. The number of urea groups is 1. The highest BCUT2D eigenvalue weighted by Gasteiger charge is 2.10. The van der Waals surface area contributed by atoms with Gasteiger partial charge in [0.05, 0.1) is 17.8 Å². The monoisotopic (exact) mass is 386 g/mol. The first-order chi connectivity index (χ1) is 10.5. The normalized spacial score (nSPS) is 10.1. The largest absolute Gasteiger partial charge is 0.482 e. The van der Waals surface area contributed by atoms with Crippen molar-refractivity contribution in [1.82, 2.24) is 10.6 Å².